The van der Waals surface area contributed by atoms with Crippen LogP contribution in [0.15, 0.2) is 56.3 Å². The van der Waals surface area contributed by atoms with Crippen molar-refractivity contribution in [2.75, 3.05) is 13.1 Å². The molecule has 1 fully saturated rings. The van der Waals surface area contributed by atoms with Crippen LogP contribution < -0.4 is 5.63 Å². The van der Waals surface area contributed by atoms with E-state index >= 15 is 0 Å². The molecule has 0 aliphatic carbocycles. The van der Waals surface area contributed by atoms with Crippen LogP contribution in [0.1, 0.15) is 61.4 Å². The number of aliphatic carboxylic acids is 1. The van der Waals surface area contributed by atoms with E-state index in [-0.39, 0.29) is 17.7 Å². The van der Waals surface area contributed by atoms with Crippen molar-refractivity contribution < 1.29 is 23.5 Å². The molecule has 1 N–H and O–H groups in total. The Morgan fingerprint density at radius 2 is 1.66 bits per heavy atom. The van der Waals surface area contributed by atoms with Crippen LogP contribution in [-0.2, 0) is 26.8 Å². The minimum absolute atomic E-state index is 0.0931. The van der Waals surface area contributed by atoms with Crippen LogP contribution in [0.5, 0.6) is 0 Å². The molecule has 2 aromatic carbocycles. The molecule has 1 saturated heterocycles. The molecule has 1 aliphatic rings. The highest BCUT2D eigenvalue weighted by Crippen LogP contribution is 2.38. The van der Waals surface area contributed by atoms with Gasteiger partial charge in [-0.2, -0.15) is 0 Å². The van der Waals surface area contributed by atoms with Crippen molar-refractivity contribution in [1.29, 1.82) is 0 Å². The Morgan fingerprint density at radius 1 is 1.00 bits per heavy atom. The number of carbonyl (C=O) groups is 2. The number of hydrogen-bond donors (Lipinski definition) is 1. The molecule has 1 amide bonds. The Bertz CT molecular complexity index is 1610. The summed E-state index contributed by atoms with van der Waals surface area (Å²) >= 11 is 0. The van der Waals surface area contributed by atoms with E-state index in [4.69, 9.17) is 8.83 Å². The fourth-order valence-electron chi connectivity index (χ4n) is 5.77. The van der Waals surface area contributed by atoms with Crippen LogP contribution in [0.25, 0.3) is 21.9 Å². The molecule has 38 heavy (non-hydrogen) atoms. The fraction of sp³-hybridized carbons (Fsp3) is 0.387. The molecule has 5 rings (SSSR count). The molecule has 1 aliphatic heterocycles. The number of nitrogens with zero attached hydrogens (tertiary/aromatic N) is 1. The van der Waals surface area contributed by atoms with Gasteiger partial charge in [0, 0.05) is 35.0 Å². The van der Waals surface area contributed by atoms with Gasteiger partial charge in [0.05, 0.1) is 23.7 Å². The highest BCUT2D eigenvalue weighted by atomic mass is 16.4. The molecule has 4 aromatic rings. The molecule has 0 spiro atoms. The quantitative estimate of drug-likeness (QED) is 0.353. The summed E-state index contributed by atoms with van der Waals surface area (Å²) in [7, 11) is 0. The third-order valence-corrected chi connectivity index (χ3v) is 8.18. The third-order valence-electron chi connectivity index (χ3n) is 8.18. The van der Waals surface area contributed by atoms with Crippen LogP contribution in [0.4, 0.5) is 0 Å². The first-order valence-corrected chi connectivity index (χ1v) is 13.0. The number of amides is 1. The number of aryl methyl sites for hydroxylation is 2. The second-order valence-corrected chi connectivity index (χ2v) is 11.5. The number of carboxylic acid groups (broad SMARTS) is 1. The Morgan fingerprint density at radius 3 is 2.26 bits per heavy atom. The summed E-state index contributed by atoms with van der Waals surface area (Å²) in [6.07, 6.45) is 2.30. The largest absolute Gasteiger partial charge is 0.481 e. The predicted octanol–water partition coefficient (Wildman–Crippen LogP) is 5.64. The lowest BCUT2D eigenvalue weighted by Crippen LogP contribution is -2.49. The predicted molar refractivity (Wildman–Crippen MR) is 146 cm³/mol. The molecule has 2 aromatic heterocycles. The van der Waals surface area contributed by atoms with Gasteiger partial charge in [0.2, 0.25) is 5.91 Å². The molecule has 0 bridgehead atoms. The second kappa shape index (κ2) is 9.15. The number of hydrogen-bond acceptors (Lipinski definition) is 5. The maximum absolute atomic E-state index is 13.3. The molecule has 3 heterocycles. The lowest BCUT2D eigenvalue weighted by molar-refractivity contribution is -0.148. The van der Waals surface area contributed by atoms with Gasteiger partial charge in [-0.15, -0.1) is 0 Å². The number of likely N-dealkylation sites (tertiary alicyclic amines) is 1. The summed E-state index contributed by atoms with van der Waals surface area (Å²) in [4.78, 5) is 40.3. The van der Waals surface area contributed by atoms with Crippen LogP contribution in [0, 0.1) is 13.8 Å². The molecular formula is C31H33NO6. The molecule has 198 valence electrons. The van der Waals surface area contributed by atoms with Gasteiger partial charge >= 0.3 is 11.6 Å². The number of fused-ring (bicyclic) bond motifs is 2. The number of carbonyl (C=O) groups excluding carboxylic acids is 1. The Balaban J connectivity index is 1.45. The fourth-order valence-corrected chi connectivity index (χ4v) is 5.77. The molecule has 7 nitrogen and oxygen atoms in total. The van der Waals surface area contributed by atoms with Crippen molar-refractivity contribution in [2.45, 2.75) is 64.7 Å². The van der Waals surface area contributed by atoms with Crippen LogP contribution in [0.2, 0.25) is 0 Å². The van der Waals surface area contributed by atoms with E-state index in [2.05, 4.69) is 20.8 Å². The van der Waals surface area contributed by atoms with E-state index in [0.29, 0.717) is 42.7 Å². The molecule has 0 saturated carbocycles. The number of furan rings is 1. The molecule has 7 heteroatoms. The number of carboxylic acids is 1. The minimum atomic E-state index is -1.02. The third kappa shape index (κ3) is 4.10. The first-order chi connectivity index (χ1) is 17.9. The first-order valence-electron chi connectivity index (χ1n) is 13.0. The zero-order valence-electron chi connectivity index (χ0n) is 22.5. The number of piperidine rings is 1. The summed E-state index contributed by atoms with van der Waals surface area (Å²) in [6.45, 7) is 10.7. The van der Waals surface area contributed by atoms with E-state index < -0.39 is 17.0 Å². The van der Waals surface area contributed by atoms with Gasteiger partial charge in [-0.05, 0) is 49.3 Å². The van der Waals surface area contributed by atoms with E-state index in [1.165, 1.54) is 0 Å². The van der Waals surface area contributed by atoms with Gasteiger partial charge in [-0.25, -0.2) is 4.79 Å². The summed E-state index contributed by atoms with van der Waals surface area (Å²) in [6, 6.07) is 11.2. The summed E-state index contributed by atoms with van der Waals surface area (Å²) in [5.74, 6) is -1.08. The average molecular weight is 516 g/mol. The minimum Gasteiger partial charge on any atom is -0.481 e. The normalized spacial score (nSPS) is 15.8. The van der Waals surface area contributed by atoms with Crippen molar-refractivity contribution in [3.63, 3.8) is 0 Å². The van der Waals surface area contributed by atoms with Crippen molar-refractivity contribution in [3.05, 3.63) is 80.9 Å². The van der Waals surface area contributed by atoms with Gasteiger partial charge in [0.15, 0.2) is 0 Å². The zero-order chi connectivity index (χ0) is 27.4. The summed E-state index contributed by atoms with van der Waals surface area (Å²) < 4.78 is 11.6. The highest BCUT2D eigenvalue weighted by Gasteiger charge is 2.44. The topological polar surface area (TPSA) is 101 Å². The molecule has 0 atom stereocenters. The maximum atomic E-state index is 13.3. The SMILES string of the molecule is Cc1c(CC(=O)N2CCC(C(=O)O)(c3ccccc3)CC2)c(=O)oc2c(C)c3occ(C(C)(C)C)c3cc12. The molecule has 0 unspecified atom stereocenters. The smallest absolute Gasteiger partial charge is 0.340 e. The van der Waals surface area contributed by atoms with Crippen LogP contribution in [0.3, 0.4) is 0 Å². The van der Waals surface area contributed by atoms with Crippen molar-refractivity contribution in [2.24, 2.45) is 0 Å². The van der Waals surface area contributed by atoms with Crippen LogP contribution in [-0.4, -0.2) is 35.0 Å². The van der Waals surface area contributed by atoms with E-state index in [0.717, 1.165) is 33.0 Å². The van der Waals surface area contributed by atoms with Crippen molar-refractivity contribution in [1.82, 2.24) is 4.90 Å². The van der Waals surface area contributed by atoms with Gasteiger partial charge < -0.3 is 18.8 Å². The first kappa shape index (κ1) is 25.8. The Kier molecular flexibility index (Phi) is 6.21. The Hall–Kier alpha value is -3.87. The van der Waals surface area contributed by atoms with E-state index in [1.54, 1.807) is 11.2 Å². The molecular weight excluding hydrogens is 482 g/mol. The lowest BCUT2D eigenvalue weighted by Gasteiger charge is -2.39. The van der Waals surface area contributed by atoms with Gasteiger partial charge in [0.25, 0.3) is 0 Å². The van der Waals surface area contributed by atoms with Crippen LogP contribution >= 0.6 is 0 Å². The van der Waals surface area contributed by atoms with Gasteiger partial charge in [-0.3, -0.25) is 9.59 Å². The number of benzene rings is 2. The summed E-state index contributed by atoms with van der Waals surface area (Å²) in [5.41, 5.74) is 3.11. The maximum Gasteiger partial charge on any atom is 0.340 e. The second-order valence-electron chi connectivity index (χ2n) is 11.5. The Labute approximate surface area is 221 Å². The summed E-state index contributed by atoms with van der Waals surface area (Å²) in [5, 5.41) is 11.8. The highest BCUT2D eigenvalue weighted by molar-refractivity contribution is 6.00. The lowest BCUT2D eigenvalue weighted by atomic mass is 9.73. The van der Waals surface area contributed by atoms with E-state index in [9.17, 15) is 19.5 Å². The average Bonchev–Trinajstić information content (AvgIpc) is 3.33. The standard InChI is InChI=1S/C31H33NO6/c1-18-21-15-23-24(30(3,4)5)17-37-26(23)19(2)27(21)38-28(34)22(18)16-25(33)32-13-11-31(12-14-32,29(35)36)20-9-7-6-8-10-20/h6-10,15,17H,11-14,16H2,1-5H3,(H,35,36). The van der Waals surface area contributed by atoms with Crippen molar-refractivity contribution in [3.8, 4) is 0 Å². The number of rotatable bonds is 4. The van der Waals surface area contributed by atoms with Gasteiger partial charge in [-0.1, -0.05) is 51.1 Å². The monoisotopic (exact) mass is 515 g/mol. The van der Waals surface area contributed by atoms with E-state index in [1.807, 2.05) is 50.2 Å². The zero-order valence-corrected chi connectivity index (χ0v) is 22.5. The van der Waals surface area contributed by atoms with Crippen molar-refractivity contribution >= 4 is 33.8 Å². The molecule has 0 radical (unpaired) electrons. The van der Waals surface area contributed by atoms with Gasteiger partial charge in [0.1, 0.15) is 11.2 Å².